The SMILES string of the molecule is Cc1c(C(=O)N(C)CCC(=O)O)cc(Br)cc1S(N)(=O)=O. The molecule has 0 unspecified atom stereocenters. The van der Waals surface area contributed by atoms with Crippen LogP contribution in [0.5, 0.6) is 0 Å². The summed E-state index contributed by atoms with van der Waals surface area (Å²) in [5, 5.41) is 13.7. The van der Waals surface area contributed by atoms with Crippen LogP contribution in [0.15, 0.2) is 21.5 Å². The molecule has 1 aromatic rings. The van der Waals surface area contributed by atoms with E-state index in [2.05, 4.69) is 15.9 Å². The van der Waals surface area contributed by atoms with Crippen molar-refractivity contribution in [1.82, 2.24) is 4.90 Å². The molecule has 0 fully saturated rings. The van der Waals surface area contributed by atoms with Gasteiger partial charge in [0.1, 0.15) is 0 Å². The molecule has 0 saturated carbocycles. The Hall–Kier alpha value is -1.45. The quantitative estimate of drug-likeness (QED) is 0.790. The van der Waals surface area contributed by atoms with E-state index in [-0.39, 0.29) is 29.0 Å². The smallest absolute Gasteiger partial charge is 0.305 e. The number of carbonyl (C=O) groups is 2. The molecule has 0 heterocycles. The fourth-order valence-corrected chi connectivity index (χ4v) is 3.18. The van der Waals surface area contributed by atoms with Gasteiger partial charge in [0, 0.05) is 23.6 Å². The van der Waals surface area contributed by atoms with Crippen LogP contribution in [0.3, 0.4) is 0 Å². The molecule has 0 aliphatic rings. The van der Waals surface area contributed by atoms with Crippen molar-refractivity contribution in [2.24, 2.45) is 5.14 Å². The molecule has 21 heavy (non-hydrogen) atoms. The number of halogens is 1. The minimum atomic E-state index is -3.96. The minimum absolute atomic E-state index is 0.0187. The van der Waals surface area contributed by atoms with Crippen molar-refractivity contribution in [2.75, 3.05) is 13.6 Å². The second-order valence-electron chi connectivity index (χ2n) is 4.49. The second kappa shape index (κ2) is 6.54. The summed E-state index contributed by atoms with van der Waals surface area (Å²) in [6, 6.07) is 2.79. The number of carboxylic acids is 1. The van der Waals surface area contributed by atoms with E-state index >= 15 is 0 Å². The number of benzene rings is 1. The van der Waals surface area contributed by atoms with Gasteiger partial charge in [0.2, 0.25) is 10.0 Å². The number of primary sulfonamides is 1. The number of sulfonamides is 1. The third-order valence-electron chi connectivity index (χ3n) is 2.87. The first kappa shape index (κ1) is 17.6. The van der Waals surface area contributed by atoms with E-state index in [0.717, 1.165) is 0 Å². The zero-order chi connectivity index (χ0) is 16.4. The van der Waals surface area contributed by atoms with Crippen molar-refractivity contribution in [1.29, 1.82) is 0 Å². The van der Waals surface area contributed by atoms with Crippen molar-refractivity contribution in [3.05, 3.63) is 27.7 Å². The lowest BCUT2D eigenvalue weighted by atomic mass is 10.1. The molecule has 0 radical (unpaired) electrons. The van der Waals surface area contributed by atoms with Gasteiger partial charge in [0.05, 0.1) is 11.3 Å². The maximum Gasteiger partial charge on any atom is 0.305 e. The fraction of sp³-hybridized carbons (Fsp3) is 0.333. The Morgan fingerprint density at radius 3 is 2.43 bits per heavy atom. The molecule has 0 spiro atoms. The number of amides is 1. The molecule has 116 valence electrons. The third kappa shape index (κ3) is 4.51. The van der Waals surface area contributed by atoms with Gasteiger partial charge in [-0.2, -0.15) is 0 Å². The summed E-state index contributed by atoms with van der Waals surface area (Å²) in [6.45, 7) is 1.50. The van der Waals surface area contributed by atoms with E-state index in [1.54, 1.807) is 0 Å². The number of rotatable bonds is 5. The number of hydrogen-bond donors (Lipinski definition) is 2. The summed E-state index contributed by atoms with van der Waals surface area (Å²) in [5.41, 5.74) is 0.383. The largest absolute Gasteiger partial charge is 0.481 e. The molecular weight excluding hydrogens is 364 g/mol. The standard InChI is InChI=1S/C12H15BrN2O5S/c1-7-9(12(18)15(2)4-3-11(16)17)5-8(13)6-10(7)21(14,19)20/h5-6H,3-4H2,1-2H3,(H,16,17)(H2,14,19,20). The highest BCUT2D eigenvalue weighted by atomic mass is 79.9. The highest BCUT2D eigenvalue weighted by molar-refractivity contribution is 9.10. The van der Waals surface area contributed by atoms with Crippen molar-refractivity contribution in [3.8, 4) is 0 Å². The van der Waals surface area contributed by atoms with E-state index < -0.39 is 21.9 Å². The minimum Gasteiger partial charge on any atom is -0.481 e. The summed E-state index contributed by atoms with van der Waals surface area (Å²) in [5.74, 6) is -1.49. The Labute approximate surface area is 130 Å². The van der Waals surface area contributed by atoms with Crippen molar-refractivity contribution in [2.45, 2.75) is 18.2 Å². The van der Waals surface area contributed by atoms with Crippen LogP contribution in [0.1, 0.15) is 22.3 Å². The lowest BCUT2D eigenvalue weighted by Gasteiger charge is -2.18. The number of carboxylic acid groups (broad SMARTS) is 1. The highest BCUT2D eigenvalue weighted by Crippen LogP contribution is 2.25. The van der Waals surface area contributed by atoms with Gasteiger partial charge in [-0.25, -0.2) is 13.6 Å². The first-order valence-corrected chi connectivity index (χ1v) is 8.18. The average Bonchev–Trinajstić information content (AvgIpc) is 2.36. The Kier molecular flexibility index (Phi) is 5.48. The van der Waals surface area contributed by atoms with Gasteiger partial charge in [0.25, 0.3) is 5.91 Å². The number of nitrogens with two attached hydrogens (primary N) is 1. The predicted molar refractivity (Wildman–Crippen MR) is 79.5 cm³/mol. The van der Waals surface area contributed by atoms with Gasteiger partial charge in [-0.1, -0.05) is 15.9 Å². The Balaban J connectivity index is 3.22. The Bertz CT molecular complexity index is 687. The molecule has 0 aromatic heterocycles. The topological polar surface area (TPSA) is 118 Å². The van der Waals surface area contributed by atoms with E-state index in [1.165, 1.54) is 31.0 Å². The number of aliphatic carboxylic acids is 1. The Morgan fingerprint density at radius 1 is 1.38 bits per heavy atom. The van der Waals surface area contributed by atoms with Crippen molar-refractivity contribution >= 4 is 37.8 Å². The second-order valence-corrected chi connectivity index (χ2v) is 6.94. The average molecular weight is 379 g/mol. The first-order valence-electron chi connectivity index (χ1n) is 5.84. The molecule has 1 aromatic carbocycles. The van der Waals surface area contributed by atoms with Crippen LogP contribution in [0, 0.1) is 6.92 Å². The van der Waals surface area contributed by atoms with Crippen LogP contribution in [-0.2, 0) is 14.8 Å². The van der Waals surface area contributed by atoms with Crippen LogP contribution >= 0.6 is 15.9 Å². The molecule has 0 saturated heterocycles. The Morgan fingerprint density at radius 2 is 1.95 bits per heavy atom. The molecule has 9 heteroatoms. The van der Waals surface area contributed by atoms with Gasteiger partial charge in [-0.15, -0.1) is 0 Å². The number of hydrogen-bond acceptors (Lipinski definition) is 4. The van der Waals surface area contributed by atoms with Crippen LogP contribution in [0.2, 0.25) is 0 Å². The summed E-state index contributed by atoms with van der Waals surface area (Å²) in [4.78, 5) is 23.9. The summed E-state index contributed by atoms with van der Waals surface area (Å²) in [6.07, 6.45) is -0.197. The van der Waals surface area contributed by atoms with Gasteiger partial charge in [-0.3, -0.25) is 9.59 Å². The lowest BCUT2D eigenvalue weighted by Crippen LogP contribution is -2.30. The van der Waals surface area contributed by atoms with Crippen LogP contribution in [-0.4, -0.2) is 43.9 Å². The third-order valence-corrected chi connectivity index (χ3v) is 4.36. The summed E-state index contributed by atoms with van der Waals surface area (Å²) < 4.78 is 23.4. The maximum absolute atomic E-state index is 12.3. The zero-order valence-corrected chi connectivity index (χ0v) is 13.9. The monoisotopic (exact) mass is 378 g/mol. The highest BCUT2D eigenvalue weighted by Gasteiger charge is 2.21. The molecule has 0 aliphatic carbocycles. The fourth-order valence-electron chi connectivity index (χ4n) is 1.74. The molecule has 7 nitrogen and oxygen atoms in total. The van der Waals surface area contributed by atoms with Crippen LogP contribution in [0.4, 0.5) is 0 Å². The van der Waals surface area contributed by atoms with E-state index in [4.69, 9.17) is 10.2 Å². The maximum atomic E-state index is 12.3. The molecule has 0 aliphatic heterocycles. The van der Waals surface area contributed by atoms with Crippen molar-refractivity contribution in [3.63, 3.8) is 0 Å². The van der Waals surface area contributed by atoms with Crippen LogP contribution in [0.25, 0.3) is 0 Å². The number of nitrogens with zero attached hydrogens (tertiary/aromatic N) is 1. The summed E-state index contributed by atoms with van der Waals surface area (Å²) in [7, 11) is -2.51. The van der Waals surface area contributed by atoms with E-state index in [1.807, 2.05) is 0 Å². The summed E-state index contributed by atoms with van der Waals surface area (Å²) >= 11 is 3.13. The molecule has 0 bridgehead atoms. The molecule has 1 amide bonds. The van der Waals surface area contributed by atoms with Gasteiger partial charge >= 0.3 is 5.97 Å². The van der Waals surface area contributed by atoms with Crippen molar-refractivity contribution < 1.29 is 23.1 Å². The molecular formula is C12H15BrN2O5S. The van der Waals surface area contributed by atoms with E-state index in [0.29, 0.717) is 4.47 Å². The van der Waals surface area contributed by atoms with Gasteiger partial charge < -0.3 is 10.0 Å². The molecule has 3 N–H and O–H groups in total. The van der Waals surface area contributed by atoms with E-state index in [9.17, 15) is 18.0 Å². The molecule has 1 rings (SSSR count). The normalized spacial score (nSPS) is 11.2. The van der Waals surface area contributed by atoms with Crippen LogP contribution < -0.4 is 5.14 Å². The van der Waals surface area contributed by atoms with Gasteiger partial charge in [-0.05, 0) is 24.6 Å². The zero-order valence-electron chi connectivity index (χ0n) is 11.5. The number of carbonyl (C=O) groups excluding carboxylic acids is 1. The lowest BCUT2D eigenvalue weighted by molar-refractivity contribution is -0.137. The first-order chi connectivity index (χ1) is 9.54. The van der Waals surface area contributed by atoms with Gasteiger partial charge in [0.15, 0.2) is 0 Å². The molecule has 0 atom stereocenters. The predicted octanol–water partition coefficient (Wildman–Crippen LogP) is 0.952.